The van der Waals surface area contributed by atoms with E-state index in [0.717, 1.165) is 6.08 Å². The van der Waals surface area contributed by atoms with E-state index in [1.54, 1.807) is 13.0 Å². The number of alkyl halides is 3. The van der Waals surface area contributed by atoms with Gasteiger partial charge in [0.25, 0.3) is 0 Å². The van der Waals surface area contributed by atoms with Crippen LogP contribution in [0.2, 0.25) is 0 Å². The molecule has 0 saturated heterocycles. The molecule has 11 heavy (non-hydrogen) atoms. The minimum absolute atomic E-state index is 0.389. The van der Waals surface area contributed by atoms with E-state index in [-0.39, 0.29) is 5.92 Å². The first-order valence-corrected chi connectivity index (χ1v) is 3.45. The summed E-state index contributed by atoms with van der Waals surface area (Å²) in [7, 11) is 0. The van der Waals surface area contributed by atoms with Gasteiger partial charge < -0.3 is 0 Å². The van der Waals surface area contributed by atoms with Gasteiger partial charge in [-0.3, -0.25) is 0 Å². The van der Waals surface area contributed by atoms with Gasteiger partial charge in [0.2, 0.25) is 0 Å². The summed E-state index contributed by atoms with van der Waals surface area (Å²) >= 11 is 0. The number of rotatable bonds is 0. The van der Waals surface area contributed by atoms with E-state index in [2.05, 4.69) is 0 Å². The van der Waals surface area contributed by atoms with Gasteiger partial charge in [-0.1, -0.05) is 25.2 Å². The molecule has 3 heteroatoms. The average Bonchev–Trinajstić information content (AvgIpc) is 1.86. The lowest BCUT2D eigenvalue weighted by atomic mass is 9.93. The van der Waals surface area contributed by atoms with E-state index in [9.17, 15) is 13.2 Å². The van der Waals surface area contributed by atoms with Crippen molar-refractivity contribution < 1.29 is 13.2 Å². The summed E-state index contributed by atoms with van der Waals surface area (Å²) in [6.07, 6.45) is 0.701. The highest BCUT2D eigenvalue weighted by molar-refractivity contribution is 5.23. The van der Waals surface area contributed by atoms with Crippen LogP contribution in [0.15, 0.2) is 23.8 Å². The van der Waals surface area contributed by atoms with E-state index >= 15 is 0 Å². The summed E-state index contributed by atoms with van der Waals surface area (Å²) in [5, 5.41) is 0. The van der Waals surface area contributed by atoms with Gasteiger partial charge in [-0.15, -0.1) is 0 Å². The molecule has 1 aliphatic rings. The minimum atomic E-state index is -4.15. The Morgan fingerprint density at radius 1 is 1.45 bits per heavy atom. The highest BCUT2D eigenvalue weighted by Gasteiger charge is 2.36. The van der Waals surface area contributed by atoms with Gasteiger partial charge in [-0.25, -0.2) is 0 Å². The zero-order valence-corrected chi connectivity index (χ0v) is 6.15. The van der Waals surface area contributed by atoms with E-state index in [4.69, 9.17) is 0 Å². The highest BCUT2D eigenvalue weighted by Crippen LogP contribution is 2.34. The molecule has 0 aromatic heterocycles. The molecule has 0 N–H and O–H groups in total. The SMILES string of the molecule is CC1CC=CC=C1C(F)(F)F. The smallest absolute Gasteiger partial charge is 0.166 e. The molecule has 0 radical (unpaired) electrons. The van der Waals surface area contributed by atoms with Crippen LogP contribution < -0.4 is 0 Å². The zero-order chi connectivity index (χ0) is 8.48. The first-order chi connectivity index (χ1) is 5.02. The van der Waals surface area contributed by atoms with Gasteiger partial charge in [0.05, 0.1) is 0 Å². The molecule has 0 nitrogen and oxygen atoms in total. The zero-order valence-electron chi connectivity index (χ0n) is 6.15. The van der Waals surface area contributed by atoms with E-state index in [1.807, 2.05) is 0 Å². The Balaban J connectivity index is 2.84. The predicted octanol–water partition coefficient (Wildman–Crippen LogP) is 3.07. The van der Waals surface area contributed by atoms with Crippen LogP contribution in [0, 0.1) is 5.92 Å². The van der Waals surface area contributed by atoms with Crippen molar-refractivity contribution in [2.24, 2.45) is 5.92 Å². The topological polar surface area (TPSA) is 0 Å². The van der Waals surface area contributed by atoms with Crippen molar-refractivity contribution in [2.45, 2.75) is 19.5 Å². The molecule has 0 amide bonds. The van der Waals surface area contributed by atoms with Crippen molar-refractivity contribution in [3.63, 3.8) is 0 Å². The number of hydrogen-bond acceptors (Lipinski definition) is 0. The maximum atomic E-state index is 12.1. The summed E-state index contributed by atoms with van der Waals surface area (Å²) in [5.74, 6) is -0.389. The molecule has 0 saturated carbocycles. The highest BCUT2D eigenvalue weighted by atomic mass is 19.4. The van der Waals surface area contributed by atoms with Crippen LogP contribution in [-0.4, -0.2) is 6.18 Å². The van der Waals surface area contributed by atoms with Gasteiger partial charge >= 0.3 is 6.18 Å². The first kappa shape index (κ1) is 8.37. The lowest BCUT2D eigenvalue weighted by Gasteiger charge is -2.19. The summed E-state index contributed by atoms with van der Waals surface area (Å²) in [6, 6.07) is 0. The van der Waals surface area contributed by atoms with Gasteiger partial charge in [0.15, 0.2) is 0 Å². The molecular formula is C8H9F3. The van der Waals surface area contributed by atoms with E-state index < -0.39 is 11.7 Å². The molecule has 0 aliphatic heterocycles. The van der Waals surface area contributed by atoms with Crippen LogP contribution in [0.5, 0.6) is 0 Å². The quantitative estimate of drug-likeness (QED) is 0.513. The standard InChI is InChI=1S/C8H9F3/c1-6-4-2-3-5-7(6)8(9,10)11/h2-3,5-6H,4H2,1H3. The summed E-state index contributed by atoms with van der Waals surface area (Å²) in [6.45, 7) is 1.59. The molecule has 0 heterocycles. The normalized spacial score (nSPS) is 25.1. The summed E-state index contributed by atoms with van der Waals surface area (Å²) < 4.78 is 36.3. The summed E-state index contributed by atoms with van der Waals surface area (Å²) in [4.78, 5) is 0. The fraction of sp³-hybridized carbons (Fsp3) is 0.500. The van der Waals surface area contributed by atoms with Crippen molar-refractivity contribution in [2.75, 3.05) is 0 Å². The van der Waals surface area contributed by atoms with E-state index in [0.29, 0.717) is 6.42 Å². The van der Waals surface area contributed by atoms with Gasteiger partial charge in [-0.05, 0) is 12.3 Å². The molecule has 0 aromatic carbocycles. The van der Waals surface area contributed by atoms with Crippen molar-refractivity contribution in [3.8, 4) is 0 Å². The lowest BCUT2D eigenvalue weighted by Crippen LogP contribution is -2.19. The molecular weight excluding hydrogens is 153 g/mol. The van der Waals surface area contributed by atoms with Gasteiger partial charge in [0, 0.05) is 5.57 Å². The second-order valence-corrected chi connectivity index (χ2v) is 2.68. The second kappa shape index (κ2) is 2.72. The molecule has 0 fully saturated rings. The Morgan fingerprint density at radius 2 is 2.09 bits per heavy atom. The van der Waals surface area contributed by atoms with Crippen LogP contribution >= 0.6 is 0 Å². The Morgan fingerprint density at radius 3 is 2.45 bits per heavy atom. The number of halogens is 3. The Bertz CT molecular complexity index is 198. The van der Waals surface area contributed by atoms with E-state index in [1.165, 1.54) is 6.08 Å². The fourth-order valence-corrected chi connectivity index (χ4v) is 1.12. The Labute approximate surface area is 63.4 Å². The largest absolute Gasteiger partial charge is 0.412 e. The molecule has 0 spiro atoms. The summed E-state index contributed by atoms with van der Waals surface area (Å²) in [5.41, 5.74) is -0.417. The Kier molecular flexibility index (Phi) is 2.07. The fourth-order valence-electron chi connectivity index (χ4n) is 1.12. The van der Waals surface area contributed by atoms with Crippen molar-refractivity contribution in [3.05, 3.63) is 23.8 Å². The molecule has 0 aromatic rings. The third kappa shape index (κ3) is 1.85. The number of allylic oxidation sites excluding steroid dienone is 4. The molecule has 1 rings (SSSR count). The molecule has 0 bridgehead atoms. The van der Waals surface area contributed by atoms with Gasteiger partial charge in [-0.2, -0.15) is 13.2 Å². The second-order valence-electron chi connectivity index (χ2n) is 2.68. The number of hydrogen-bond donors (Lipinski definition) is 0. The monoisotopic (exact) mass is 162 g/mol. The lowest BCUT2D eigenvalue weighted by molar-refractivity contribution is -0.0984. The maximum Gasteiger partial charge on any atom is 0.412 e. The van der Waals surface area contributed by atoms with Crippen molar-refractivity contribution in [1.82, 2.24) is 0 Å². The first-order valence-electron chi connectivity index (χ1n) is 3.45. The van der Waals surface area contributed by atoms with Crippen LogP contribution in [-0.2, 0) is 0 Å². The predicted molar refractivity (Wildman–Crippen MR) is 37.1 cm³/mol. The molecule has 62 valence electrons. The molecule has 1 unspecified atom stereocenters. The van der Waals surface area contributed by atoms with Crippen LogP contribution in [0.1, 0.15) is 13.3 Å². The average molecular weight is 162 g/mol. The minimum Gasteiger partial charge on any atom is -0.166 e. The van der Waals surface area contributed by atoms with Crippen LogP contribution in [0.25, 0.3) is 0 Å². The van der Waals surface area contributed by atoms with Crippen LogP contribution in [0.4, 0.5) is 13.2 Å². The third-order valence-electron chi connectivity index (χ3n) is 1.76. The maximum absolute atomic E-state index is 12.1. The van der Waals surface area contributed by atoms with Gasteiger partial charge in [0.1, 0.15) is 0 Å². The third-order valence-corrected chi connectivity index (χ3v) is 1.76. The van der Waals surface area contributed by atoms with Crippen molar-refractivity contribution in [1.29, 1.82) is 0 Å². The molecule has 1 atom stereocenters. The van der Waals surface area contributed by atoms with Crippen LogP contribution in [0.3, 0.4) is 0 Å². The Hall–Kier alpha value is -0.730. The van der Waals surface area contributed by atoms with Crippen molar-refractivity contribution >= 4 is 0 Å². The molecule has 1 aliphatic carbocycles.